The topological polar surface area (TPSA) is 29.1 Å². The lowest BCUT2D eigenvalue weighted by Gasteiger charge is -2.26. The van der Waals surface area contributed by atoms with Gasteiger partial charge in [0, 0.05) is 21.3 Å². The van der Waals surface area contributed by atoms with Gasteiger partial charge in [0.2, 0.25) is 0 Å². The van der Waals surface area contributed by atoms with Crippen molar-refractivity contribution < 1.29 is 4.79 Å². The Hall–Kier alpha value is -0.480. The van der Waals surface area contributed by atoms with Crippen molar-refractivity contribution in [2.24, 2.45) is 0 Å². The summed E-state index contributed by atoms with van der Waals surface area (Å²) in [6.45, 7) is 0. The van der Waals surface area contributed by atoms with Crippen LogP contribution in [0, 0.1) is 0 Å². The Labute approximate surface area is 121 Å². The molecule has 1 aromatic carbocycles. The molecule has 0 spiro atoms. The average molecular weight is 328 g/mol. The van der Waals surface area contributed by atoms with Gasteiger partial charge in [-0.1, -0.05) is 15.9 Å². The van der Waals surface area contributed by atoms with Crippen molar-refractivity contribution in [3.63, 3.8) is 0 Å². The number of nitrogens with one attached hydrogen (secondary N) is 1. The van der Waals surface area contributed by atoms with Crippen LogP contribution < -0.4 is 5.32 Å². The third kappa shape index (κ3) is 3.75. The van der Waals surface area contributed by atoms with Crippen molar-refractivity contribution in [3.05, 3.63) is 29.8 Å². The van der Waals surface area contributed by atoms with Crippen molar-refractivity contribution in [2.75, 3.05) is 6.26 Å². The zero-order chi connectivity index (χ0) is 13.0. The fourth-order valence-electron chi connectivity index (χ4n) is 2.21. The maximum atomic E-state index is 12.1. The fourth-order valence-corrected chi connectivity index (χ4v) is 3.15. The van der Waals surface area contributed by atoms with Gasteiger partial charge in [0.1, 0.15) is 0 Å². The molecule has 18 heavy (non-hydrogen) atoms. The standard InChI is InChI=1S/C14H18BrNOS/c1-18-13-8-2-10(3-9-13)14(17)16-12-6-4-11(15)5-7-12/h2-3,8-9,11-12H,4-7H2,1H3,(H,16,17). The van der Waals surface area contributed by atoms with Gasteiger partial charge >= 0.3 is 0 Å². The predicted octanol–water partition coefficient (Wildman–Crippen LogP) is 3.84. The van der Waals surface area contributed by atoms with E-state index in [0.29, 0.717) is 10.9 Å². The fraction of sp³-hybridized carbons (Fsp3) is 0.500. The Kier molecular flexibility index (Phi) is 5.13. The van der Waals surface area contributed by atoms with Crippen LogP contribution in [0.4, 0.5) is 0 Å². The van der Waals surface area contributed by atoms with Crippen molar-refractivity contribution in [2.45, 2.75) is 41.4 Å². The largest absolute Gasteiger partial charge is 0.349 e. The van der Waals surface area contributed by atoms with Gasteiger partial charge in [-0.15, -0.1) is 11.8 Å². The number of hydrogen-bond donors (Lipinski definition) is 1. The zero-order valence-electron chi connectivity index (χ0n) is 10.5. The Morgan fingerprint density at radius 2 is 1.83 bits per heavy atom. The molecule has 1 aromatic rings. The van der Waals surface area contributed by atoms with Gasteiger partial charge in [-0.3, -0.25) is 4.79 Å². The Morgan fingerprint density at radius 1 is 1.22 bits per heavy atom. The molecule has 0 aliphatic heterocycles. The molecule has 0 saturated heterocycles. The molecule has 1 aliphatic carbocycles. The lowest BCUT2D eigenvalue weighted by molar-refractivity contribution is 0.0928. The first-order valence-electron chi connectivity index (χ1n) is 6.28. The molecule has 4 heteroatoms. The first-order chi connectivity index (χ1) is 8.69. The summed E-state index contributed by atoms with van der Waals surface area (Å²) in [6.07, 6.45) is 6.48. The highest BCUT2D eigenvalue weighted by Gasteiger charge is 2.20. The van der Waals surface area contributed by atoms with E-state index in [9.17, 15) is 4.79 Å². The van der Waals surface area contributed by atoms with E-state index in [1.165, 1.54) is 4.90 Å². The van der Waals surface area contributed by atoms with E-state index in [1.54, 1.807) is 11.8 Å². The van der Waals surface area contributed by atoms with E-state index in [1.807, 2.05) is 30.5 Å². The summed E-state index contributed by atoms with van der Waals surface area (Å²) in [6, 6.07) is 8.13. The molecule has 0 atom stereocenters. The van der Waals surface area contributed by atoms with Crippen molar-refractivity contribution in [1.82, 2.24) is 5.32 Å². The maximum absolute atomic E-state index is 12.1. The molecule has 98 valence electrons. The van der Waals surface area contributed by atoms with Crippen LogP contribution in [0.3, 0.4) is 0 Å². The molecule has 0 heterocycles. The summed E-state index contributed by atoms with van der Waals surface area (Å²) in [7, 11) is 0. The minimum absolute atomic E-state index is 0.0562. The molecule has 2 nitrogen and oxygen atoms in total. The van der Waals surface area contributed by atoms with Crippen LogP contribution in [0.15, 0.2) is 29.2 Å². The summed E-state index contributed by atoms with van der Waals surface area (Å²) in [5.74, 6) is 0.0562. The quantitative estimate of drug-likeness (QED) is 0.675. The van der Waals surface area contributed by atoms with E-state index >= 15 is 0 Å². The first kappa shape index (κ1) is 13.9. The van der Waals surface area contributed by atoms with E-state index in [4.69, 9.17) is 0 Å². The number of benzene rings is 1. The molecule has 0 bridgehead atoms. The minimum atomic E-state index is 0.0562. The highest BCUT2D eigenvalue weighted by Crippen LogP contribution is 2.24. The molecule has 1 fully saturated rings. The van der Waals surface area contributed by atoms with Gasteiger partial charge < -0.3 is 5.32 Å². The number of halogens is 1. The number of thioether (sulfide) groups is 1. The van der Waals surface area contributed by atoms with E-state index in [0.717, 1.165) is 31.2 Å². The Balaban J connectivity index is 1.90. The highest BCUT2D eigenvalue weighted by atomic mass is 79.9. The van der Waals surface area contributed by atoms with Gasteiger partial charge in [-0.2, -0.15) is 0 Å². The molecule has 2 rings (SSSR count). The summed E-state index contributed by atoms with van der Waals surface area (Å²) in [5.41, 5.74) is 0.758. The third-order valence-corrected chi connectivity index (χ3v) is 5.00. The lowest BCUT2D eigenvalue weighted by Crippen LogP contribution is -2.37. The lowest BCUT2D eigenvalue weighted by atomic mass is 9.95. The van der Waals surface area contributed by atoms with Crippen molar-refractivity contribution in [3.8, 4) is 0 Å². The maximum Gasteiger partial charge on any atom is 0.251 e. The summed E-state index contributed by atoms with van der Waals surface area (Å²) >= 11 is 5.32. The SMILES string of the molecule is CSc1ccc(C(=O)NC2CCC(Br)CC2)cc1. The smallest absolute Gasteiger partial charge is 0.251 e. The second-order valence-electron chi connectivity index (χ2n) is 4.65. The first-order valence-corrected chi connectivity index (χ1v) is 8.42. The number of rotatable bonds is 3. The number of carbonyl (C=O) groups is 1. The van der Waals surface area contributed by atoms with Gasteiger partial charge in [0.05, 0.1) is 0 Å². The third-order valence-electron chi connectivity index (χ3n) is 3.34. The average Bonchev–Trinajstić information content (AvgIpc) is 2.41. The van der Waals surface area contributed by atoms with E-state index in [2.05, 4.69) is 21.2 Å². The summed E-state index contributed by atoms with van der Waals surface area (Å²) in [4.78, 5) is 13.9. The predicted molar refractivity (Wildman–Crippen MR) is 80.7 cm³/mol. The number of amides is 1. The molecule has 1 N–H and O–H groups in total. The Morgan fingerprint density at radius 3 is 2.39 bits per heavy atom. The monoisotopic (exact) mass is 327 g/mol. The Bertz CT molecular complexity index is 399. The second-order valence-corrected chi connectivity index (χ2v) is 6.83. The minimum Gasteiger partial charge on any atom is -0.349 e. The van der Waals surface area contributed by atoms with Gasteiger partial charge in [-0.25, -0.2) is 0 Å². The van der Waals surface area contributed by atoms with Gasteiger partial charge in [0.15, 0.2) is 0 Å². The molecule has 1 aliphatic rings. The molecule has 0 unspecified atom stereocenters. The van der Waals surface area contributed by atoms with Crippen LogP contribution in [-0.2, 0) is 0 Å². The number of hydrogen-bond acceptors (Lipinski definition) is 2. The number of alkyl halides is 1. The van der Waals surface area contributed by atoms with Crippen LogP contribution >= 0.6 is 27.7 Å². The number of carbonyl (C=O) groups excluding carboxylic acids is 1. The van der Waals surface area contributed by atoms with Crippen LogP contribution in [0.1, 0.15) is 36.0 Å². The summed E-state index contributed by atoms with van der Waals surface area (Å²) < 4.78 is 0. The molecule has 1 saturated carbocycles. The molecular weight excluding hydrogens is 310 g/mol. The zero-order valence-corrected chi connectivity index (χ0v) is 12.9. The van der Waals surface area contributed by atoms with Gasteiger partial charge in [-0.05, 0) is 56.2 Å². The van der Waals surface area contributed by atoms with Gasteiger partial charge in [0.25, 0.3) is 5.91 Å². The molecule has 0 radical (unpaired) electrons. The normalized spacial score (nSPS) is 23.7. The molecule has 1 amide bonds. The van der Waals surface area contributed by atoms with E-state index in [-0.39, 0.29) is 5.91 Å². The highest BCUT2D eigenvalue weighted by molar-refractivity contribution is 9.09. The molecule has 0 aromatic heterocycles. The van der Waals surface area contributed by atoms with Crippen molar-refractivity contribution in [1.29, 1.82) is 0 Å². The second kappa shape index (κ2) is 6.62. The van der Waals surface area contributed by atoms with Crippen LogP contribution in [0.25, 0.3) is 0 Å². The molecular formula is C14H18BrNOS. The van der Waals surface area contributed by atoms with Crippen LogP contribution in [-0.4, -0.2) is 23.0 Å². The van der Waals surface area contributed by atoms with Crippen LogP contribution in [0.2, 0.25) is 0 Å². The van der Waals surface area contributed by atoms with Crippen LogP contribution in [0.5, 0.6) is 0 Å². The summed E-state index contributed by atoms with van der Waals surface area (Å²) in [5, 5.41) is 3.13. The van der Waals surface area contributed by atoms with E-state index < -0.39 is 0 Å². The van der Waals surface area contributed by atoms with Crippen molar-refractivity contribution >= 4 is 33.6 Å².